The molecule has 3 aromatic heterocycles. The maximum absolute atomic E-state index is 12.5. The molecule has 5 aromatic rings. The first-order valence-corrected chi connectivity index (χ1v) is 9.67. The number of carbonyl (C=O) groups is 1. The highest BCUT2D eigenvalue weighted by molar-refractivity contribution is 5.87. The van der Waals surface area contributed by atoms with Crippen LogP contribution in [0, 0.1) is 0 Å². The Hall–Kier alpha value is -4.52. The van der Waals surface area contributed by atoms with Gasteiger partial charge in [0.15, 0.2) is 11.5 Å². The van der Waals surface area contributed by atoms with Crippen molar-refractivity contribution in [2.24, 2.45) is 0 Å². The largest absolute Gasteiger partial charge is 0.418 e. The number of hydrogen-bond donors (Lipinski definition) is 1. The number of carbonyl (C=O) groups excluding carboxylic acids is 1. The monoisotopic (exact) mass is 407 g/mol. The van der Waals surface area contributed by atoms with Gasteiger partial charge in [-0.1, -0.05) is 48.5 Å². The van der Waals surface area contributed by atoms with Crippen molar-refractivity contribution in [3.05, 3.63) is 97.3 Å². The zero-order valence-corrected chi connectivity index (χ0v) is 16.3. The van der Waals surface area contributed by atoms with Crippen molar-refractivity contribution < 1.29 is 9.53 Å². The predicted octanol–water partition coefficient (Wildman–Crippen LogP) is 5.07. The van der Waals surface area contributed by atoms with Crippen LogP contribution in [0.1, 0.15) is 0 Å². The fourth-order valence-electron chi connectivity index (χ4n) is 3.22. The number of benzene rings is 2. The third-order valence-electron chi connectivity index (χ3n) is 4.67. The Morgan fingerprint density at radius 1 is 0.806 bits per heavy atom. The second-order valence-electron chi connectivity index (χ2n) is 6.76. The summed E-state index contributed by atoms with van der Waals surface area (Å²) in [6, 6.07) is 26.1. The van der Waals surface area contributed by atoms with Gasteiger partial charge >= 0.3 is 6.09 Å². The summed E-state index contributed by atoms with van der Waals surface area (Å²) in [7, 11) is 0. The van der Waals surface area contributed by atoms with Crippen LogP contribution in [0.5, 0.6) is 5.75 Å². The minimum absolute atomic E-state index is 0.444. The van der Waals surface area contributed by atoms with E-state index in [-0.39, 0.29) is 0 Å². The zero-order chi connectivity index (χ0) is 21.0. The lowest BCUT2D eigenvalue weighted by Gasteiger charge is -2.10. The van der Waals surface area contributed by atoms with E-state index >= 15 is 0 Å². The highest BCUT2D eigenvalue weighted by atomic mass is 16.6. The van der Waals surface area contributed by atoms with Gasteiger partial charge in [0.05, 0.1) is 0 Å². The fourth-order valence-corrected chi connectivity index (χ4v) is 3.22. The van der Waals surface area contributed by atoms with Crippen molar-refractivity contribution in [3.63, 3.8) is 0 Å². The van der Waals surface area contributed by atoms with Crippen molar-refractivity contribution >= 4 is 17.6 Å². The van der Waals surface area contributed by atoms with Crippen LogP contribution in [0.3, 0.4) is 0 Å². The number of anilines is 1. The van der Waals surface area contributed by atoms with E-state index in [0.29, 0.717) is 23.0 Å². The van der Waals surface area contributed by atoms with Crippen molar-refractivity contribution in [2.75, 3.05) is 5.32 Å². The van der Waals surface area contributed by atoms with Gasteiger partial charge < -0.3 is 4.74 Å². The van der Waals surface area contributed by atoms with E-state index in [0.717, 1.165) is 16.7 Å². The van der Waals surface area contributed by atoms with E-state index in [1.54, 1.807) is 41.2 Å². The SMILES string of the molecule is O=C(Nc1cc(-c2ccncc2)cc2nc(-c3ccccc3)nn12)Oc1ccccc1. The van der Waals surface area contributed by atoms with E-state index in [1.807, 2.05) is 60.7 Å². The molecule has 1 amide bonds. The predicted molar refractivity (Wildman–Crippen MR) is 118 cm³/mol. The first kappa shape index (κ1) is 18.5. The molecule has 3 heterocycles. The van der Waals surface area contributed by atoms with Crippen LogP contribution in [0.15, 0.2) is 97.3 Å². The third kappa shape index (κ3) is 3.97. The Balaban J connectivity index is 1.57. The molecule has 0 fully saturated rings. The zero-order valence-electron chi connectivity index (χ0n) is 16.3. The van der Waals surface area contributed by atoms with E-state index in [2.05, 4.69) is 20.4 Å². The topological polar surface area (TPSA) is 81.4 Å². The molecule has 0 bridgehead atoms. The summed E-state index contributed by atoms with van der Waals surface area (Å²) >= 11 is 0. The second-order valence-corrected chi connectivity index (χ2v) is 6.76. The van der Waals surface area contributed by atoms with Crippen LogP contribution in [-0.4, -0.2) is 25.7 Å². The second kappa shape index (κ2) is 8.08. The van der Waals surface area contributed by atoms with E-state index < -0.39 is 6.09 Å². The molecule has 0 radical (unpaired) electrons. The van der Waals surface area contributed by atoms with E-state index in [9.17, 15) is 4.79 Å². The van der Waals surface area contributed by atoms with Crippen LogP contribution in [0.25, 0.3) is 28.2 Å². The van der Waals surface area contributed by atoms with Gasteiger partial charge in [-0.3, -0.25) is 10.3 Å². The van der Waals surface area contributed by atoms with Crippen LogP contribution >= 0.6 is 0 Å². The molecule has 0 aliphatic carbocycles. The molecule has 0 saturated heterocycles. The van der Waals surface area contributed by atoms with E-state index in [1.165, 1.54) is 0 Å². The van der Waals surface area contributed by atoms with Gasteiger partial charge in [-0.15, -0.1) is 5.10 Å². The number of ether oxygens (including phenoxy) is 1. The molecule has 31 heavy (non-hydrogen) atoms. The molecular weight excluding hydrogens is 390 g/mol. The molecule has 5 rings (SSSR count). The number of nitrogens with zero attached hydrogens (tertiary/aromatic N) is 4. The first-order valence-electron chi connectivity index (χ1n) is 9.67. The molecule has 0 aliphatic heterocycles. The Morgan fingerprint density at radius 2 is 1.52 bits per heavy atom. The summed E-state index contributed by atoms with van der Waals surface area (Å²) in [4.78, 5) is 21.3. The lowest BCUT2D eigenvalue weighted by atomic mass is 10.1. The quantitative estimate of drug-likeness (QED) is 0.450. The summed E-state index contributed by atoms with van der Waals surface area (Å²) in [6.07, 6.45) is 2.82. The minimum atomic E-state index is -0.615. The molecule has 0 spiro atoms. The Bertz CT molecular complexity index is 1340. The fraction of sp³-hybridized carbons (Fsp3) is 0. The normalized spacial score (nSPS) is 10.7. The minimum Gasteiger partial charge on any atom is -0.410 e. The molecule has 1 N–H and O–H groups in total. The molecule has 0 saturated carbocycles. The maximum atomic E-state index is 12.5. The van der Waals surface area contributed by atoms with Gasteiger partial charge in [0, 0.05) is 18.0 Å². The van der Waals surface area contributed by atoms with Crippen LogP contribution in [-0.2, 0) is 0 Å². The molecule has 0 unspecified atom stereocenters. The average molecular weight is 407 g/mol. The van der Waals surface area contributed by atoms with Gasteiger partial charge in [0.1, 0.15) is 11.6 Å². The number of hydrogen-bond acceptors (Lipinski definition) is 5. The number of fused-ring (bicyclic) bond motifs is 1. The number of amides is 1. The summed E-state index contributed by atoms with van der Waals surface area (Å²) in [5, 5.41) is 7.39. The average Bonchev–Trinajstić information content (AvgIpc) is 3.26. The summed E-state index contributed by atoms with van der Waals surface area (Å²) < 4.78 is 6.98. The van der Waals surface area contributed by atoms with Crippen molar-refractivity contribution in [3.8, 4) is 28.3 Å². The number of pyridine rings is 2. The smallest absolute Gasteiger partial charge is 0.410 e. The lowest BCUT2D eigenvalue weighted by molar-refractivity contribution is 0.215. The number of rotatable bonds is 4. The third-order valence-corrected chi connectivity index (χ3v) is 4.67. The summed E-state index contributed by atoms with van der Waals surface area (Å²) in [5.41, 5.74) is 3.30. The molecule has 0 aliphatic rings. The molecule has 0 atom stereocenters. The van der Waals surface area contributed by atoms with Crippen LogP contribution in [0.2, 0.25) is 0 Å². The van der Waals surface area contributed by atoms with Gasteiger partial charge in [-0.2, -0.15) is 4.52 Å². The molecule has 2 aromatic carbocycles. The molecule has 150 valence electrons. The summed E-state index contributed by atoms with van der Waals surface area (Å²) in [6.45, 7) is 0. The molecule has 7 nitrogen and oxygen atoms in total. The number of nitrogens with one attached hydrogen (secondary N) is 1. The van der Waals surface area contributed by atoms with Crippen molar-refractivity contribution in [2.45, 2.75) is 0 Å². The maximum Gasteiger partial charge on any atom is 0.418 e. The first-order chi connectivity index (χ1) is 15.3. The Morgan fingerprint density at radius 3 is 2.26 bits per heavy atom. The van der Waals surface area contributed by atoms with Gasteiger partial charge in [-0.25, -0.2) is 9.78 Å². The summed E-state index contributed by atoms with van der Waals surface area (Å²) in [5.74, 6) is 1.46. The highest BCUT2D eigenvalue weighted by Crippen LogP contribution is 2.26. The highest BCUT2D eigenvalue weighted by Gasteiger charge is 2.15. The van der Waals surface area contributed by atoms with Crippen molar-refractivity contribution in [1.29, 1.82) is 0 Å². The molecule has 7 heteroatoms. The van der Waals surface area contributed by atoms with Gasteiger partial charge in [0.25, 0.3) is 0 Å². The van der Waals surface area contributed by atoms with Crippen LogP contribution in [0.4, 0.5) is 10.6 Å². The molecular formula is C24H17N5O2. The van der Waals surface area contributed by atoms with E-state index in [4.69, 9.17) is 4.74 Å². The lowest BCUT2D eigenvalue weighted by Crippen LogP contribution is -2.19. The van der Waals surface area contributed by atoms with Crippen LogP contribution < -0.4 is 10.1 Å². The van der Waals surface area contributed by atoms with Gasteiger partial charge in [0.2, 0.25) is 0 Å². The van der Waals surface area contributed by atoms with Gasteiger partial charge in [-0.05, 0) is 47.5 Å². The standard InChI is InChI=1S/C24H17N5O2/c30-24(31-20-9-5-2-6-10-20)27-22-16-19(17-11-13-25-14-12-17)15-21-26-23(28-29(21)22)18-7-3-1-4-8-18/h1-16H,(H,27,30). The Labute approximate surface area is 178 Å². The van der Waals surface area contributed by atoms with Crippen molar-refractivity contribution in [1.82, 2.24) is 19.6 Å². The Kier molecular flexibility index (Phi) is 4.82. The number of para-hydroxylation sites is 1. The number of aromatic nitrogens is 4.